The van der Waals surface area contributed by atoms with Crippen LogP contribution in [-0.2, 0) is 32.7 Å². The molecule has 0 aromatic rings. The maximum atomic E-state index is 12.3. The average Bonchev–Trinajstić information content (AvgIpc) is 3.07. The summed E-state index contributed by atoms with van der Waals surface area (Å²) < 4.78 is 32.3. The first-order valence-corrected chi connectivity index (χ1v) is 19.2. The smallest absolute Gasteiger partial charge is 0.457 e. The average molecular weight is 699 g/mol. The van der Waals surface area contributed by atoms with Crippen LogP contribution in [0.25, 0.3) is 0 Å². The maximum Gasteiger partial charge on any atom is 0.472 e. The summed E-state index contributed by atoms with van der Waals surface area (Å²) in [5.74, 6) is -1.12. The first-order chi connectivity index (χ1) is 23.3. The monoisotopic (exact) mass is 698 g/mol. The van der Waals surface area contributed by atoms with Crippen molar-refractivity contribution in [3.05, 3.63) is 60.8 Å². The van der Waals surface area contributed by atoms with Crippen LogP contribution in [0.3, 0.4) is 0 Å². The molecule has 0 radical (unpaired) electrons. The van der Waals surface area contributed by atoms with Gasteiger partial charge in [0.15, 0.2) is 0 Å². The molecule has 11 heteroatoms. The lowest BCUT2D eigenvalue weighted by Crippen LogP contribution is -2.28. The van der Waals surface area contributed by atoms with E-state index in [1.54, 1.807) is 0 Å². The number of rotatable bonds is 32. The Morgan fingerprint density at radius 3 is 1.54 bits per heavy atom. The molecule has 0 fully saturated rings. The van der Waals surface area contributed by atoms with Gasteiger partial charge in [-0.05, 0) is 64.2 Å². The second-order valence-corrected chi connectivity index (χ2v) is 12.9. The topological polar surface area (TPSA) is 149 Å². The fourth-order valence-corrected chi connectivity index (χ4v) is 5.02. The van der Waals surface area contributed by atoms with Gasteiger partial charge in [-0.2, -0.15) is 0 Å². The van der Waals surface area contributed by atoms with Gasteiger partial charge in [-0.25, -0.2) is 4.57 Å². The molecule has 3 atom stereocenters. The van der Waals surface area contributed by atoms with Crippen LogP contribution >= 0.6 is 7.82 Å². The van der Waals surface area contributed by atoms with Crippen molar-refractivity contribution in [1.82, 2.24) is 0 Å². The summed E-state index contributed by atoms with van der Waals surface area (Å²) >= 11 is 0. The van der Waals surface area contributed by atoms with Crippen LogP contribution < -0.4 is 0 Å². The number of unbranched alkanes of at least 4 members (excludes halogenated alkanes) is 8. The standard InChI is InChI=1S/C37H63O10P/c1-3-5-7-9-11-13-15-17-19-21-23-25-27-29-37(41)47-35(31-39)33-45-48(42,43)44-32-34(30-38)46-36(40)28-26-24-22-20-18-16-14-12-10-8-6-4-2/h5,7,11-14,17,19,23,25,34-35,38-39H,3-4,6,8-10,15-16,18,20-22,24,26-33H2,1-2H3,(H,42,43)/b7-5-,13-11-,14-12-,19-17-,25-23-. The van der Waals surface area contributed by atoms with E-state index in [0.29, 0.717) is 12.8 Å². The van der Waals surface area contributed by atoms with Gasteiger partial charge in [0, 0.05) is 12.8 Å². The van der Waals surface area contributed by atoms with E-state index >= 15 is 0 Å². The minimum atomic E-state index is -4.65. The number of esters is 2. The predicted molar refractivity (Wildman–Crippen MR) is 191 cm³/mol. The van der Waals surface area contributed by atoms with E-state index < -0.39 is 58.4 Å². The summed E-state index contributed by atoms with van der Waals surface area (Å²) in [5, 5.41) is 19.0. The van der Waals surface area contributed by atoms with E-state index in [9.17, 15) is 29.3 Å². The highest BCUT2D eigenvalue weighted by molar-refractivity contribution is 7.47. The third-order valence-corrected chi connectivity index (χ3v) is 7.93. The van der Waals surface area contributed by atoms with Crippen molar-refractivity contribution in [2.75, 3.05) is 26.4 Å². The highest BCUT2D eigenvalue weighted by Crippen LogP contribution is 2.43. The molecule has 3 N–H and O–H groups in total. The second-order valence-electron chi connectivity index (χ2n) is 11.5. The van der Waals surface area contributed by atoms with Crippen molar-refractivity contribution < 1.29 is 47.8 Å². The number of hydrogen-bond acceptors (Lipinski definition) is 9. The Labute approximate surface area is 289 Å². The lowest BCUT2D eigenvalue weighted by molar-refractivity contribution is -0.153. The molecule has 0 heterocycles. The normalized spacial score (nSPS) is 14.9. The van der Waals surface area contributed by atoms with Gasteiger partial charge < -0.3 is 24.6 Å². The molecule has 0 amide bonds. The summed E-state index contributed by atoms with van der Waals surface area (Å²) in [6.07, 6.45) is 33.6. The molecule has 0 saturated carbocycles. The molecule has 0 aromatic carbocycles. The highest BCUT2D eigenvalue weighted by atomic mass is 31.2. The first-order valence-electron chi connectivity index (χ1n) is 17.7. The van der Waals surface area contributed by atoms with Gasteiger partial charge in [-0.3, -0.25) is 18.6 Å². The molecule has 0 spiro atoms. The SMILES string of the molecule is CC/C=C\C/C=C\C/C=C\C/C=C\CCC(=O)OC(CO)COP(=O)(O)OCC(CO)OC(=O)CCCCCCC/C=C\CCCCC. The van der Waals surface area contributed by atoms with Crippen LogP contribution in [-0.4, -0.2) is 65.7 Å². The third kappa shape index (κ3) is 31.0. The molecule has 3 unspecified atom stereocenters. The van der Waals surface area contributed by atoms with E-state index in [4.69, 9.17) is 18.5 Å². The van der Waals surface area contributed by atoms with E-state index in [1.807, 2.05) is 18.2 Å². The fraction of sp³-hybridized carbons (Fsp3) is 0.676. The molecule has 0 aromatic heterocycles. The molecule has 0 aliphatic heterocycles. The Bertz CT molecular complexity index is 989. The number of allylic oxidation sites excluding steroid dienone is 10. The minimum absolute atomic E-state index is 0.0679. The fourth-order valence-electron chi connectivity index (χ4n) is 4.24. The Balaban J connectivity index is 4.14. The molecule has 0 saturated heterocycles. The molecule has 0 bridgehead atoms. The zero-order valence-electron chi connectivity index (χ0n) is 29.4. The molecule has 0 aliphatic carbocycles. The Kier molecular flexibility index (Phi) is 31.6. The van der Waals surface area contributed by atoms with E-state index in [1.165, 1.54) is 19.3 Å². The minimum Gasteiger partial charge on any atom is -0.457 e. The Morgan fingerprint density at radius 2 is 1.02 bits per heavy atom. The molecule has 0 aliphatic rings. The van der Waals surface area contributed by atoms with Crippen LogP contribution in [0.1, 0.15) is 123 Å². The molecule has 10 nitrogen and oxygen atoms in total. The number of carbonyl (C=O) groups excluding carboxylic acids is 2. The predicted octanol–water partition coefficient (Wildman–Crippen LogP) is 8.38. The Hall–Kier alpha value is -2.33. The van der Waals surface area contributed by atoms with Crippen molar-refractivity contribution in [3.63, 3.8) is 0 Å². The number of hydrogen-bond donors (Lipinski definition) is 3. The Morgan fingerprint density at radius 1 is 0.583 bits per heavy atom. The lowest BCUT2D eigenvalue weighted by Gasteiger charge is -2.20. The van der Waals surface area contributed by atoms with Crippen molar-refractivity contribution in [2.45, 2.75) is 135 Å². The van der Waals surface area contributed by atoms with Gasteiger partial charge in [0.05, 0.1) is 26.4 Å². The summed E-state index contributed by atoms with van der Waals surface area (Å²) in [7, 11) is -4.65. The van der Waals surface area contributed by atoms with Crippen LogP contribution in [0.5, 0.6) is 0 Å². The zero-order valence-corrected chi connectivity index (χ0v) is 30.3. The van der Waals surface area contributed by atoms with Gasteiger partial charge in [-0.15, -0.1) is 0 Å². The van der Waals surface area contributed by atoms with Crippen LogP contribution in [0, 0.1) is 0 Å². The molecule has 0 rings (SSSR count). The number of aliphatic hydroxyl groups is 2. The summed E-state index contributed by atoms with van der Waals surface area (Å²) in [4.78, 5) is 34.2. The molecule has 276 valence electrons. The largest absolute Gasteiger partial charge is 0.472 e. The molecule has 48 heavy (non-hydrogen) atoms. The zero-order chi connectivity index (χ0) is 35.6. The van der Waals surface area contributed by atoms with Gasteiger partial charge >= 0.3 is 19.8 Å². The van der Waals surface area contributed by atoms with Crippen molar-refractivity contribution in [1.29, 1.82) is 0 Å². The molecular formula is C37H63O10P. The van der Waals surface area contributed by atoms with Gasteiger partial charge in [0.25, 0.3) is 0 Å². The first kappa shape index (κ1) is 45.7. The summed E-state index contributed by atoms with van der Waals surface area (Å²) in [6.45, 7) is 1.93. The maximum absolute atomic E-state index is 12.3. The lowest BCUT2D eigenvalue weighted by atomic mass is 10.1. The van der Waals surface area contributed by atoms with Crippen molar-refractivity contribution >= 4 is 19.8 Å². The van der Waals surface area contributed by atoms with Gasteiger partial charge in [-0.1, -0.05) is 107 Å². The highest BCUT2D eigenvalue weighted by Gasteiger charge is 2.27. The van der Waals surface area contributed by atoms with Crippen LogP contribution in [0.2, 0.25) is 0 Å². The van der Waals surface area contributed by atoms with Crippen LogP contribution in [0.15, 0.2) is 60.8 Å². The van der Waals surface area contributed by atoms with Crippen LogP contribution in [0.4, 0.5) is 0 Å². The number of carbonyl (C=O) groups is 2. The van der Waals surface area contributed by atoms with E-state index in [2.05, 4.69) is 56.4 Å². The van der Waals surface area contributed by atoms with E-state index in [-0.39, 0.29) is 12.8 Å². The quantitative estimate of drug-likeness (QED) is 0.0271. The number of phosphoric acid groups is 1. The number of aliphatic hydroxyl groups excluding tert-OH is 2. The summed E-state index contributed by atoms with van der Waals surface area (Å²) in [6, 6.07) is 0. The van der Waals surface area contributed by atoms with Crippen molar-refractivity contribution in [3.8, 4) is 0 Å². The number of phosphoric ester groups is 1. The summed E-state index contributed by atoms with van der Waals surface area (Å²) in [5.41, 5.74) is 0. The molecular weight excluding hydrogens is 635 g/mol. The number of ether oxygens (including phenoxy) is 2. The van der Waals surface area contributed by atoms with E-state index in [0.717, 1.165) is 64.2 Å². The third-order valence-electron chi connectivity index (χ3n) is 6.98. The van der Waals surface area contributed by atoms with Gasteiger partial charge in [0.2, 0.25) is 0 Å². The van der Waals surface area contributed by atoms with Crippen molar-refractivity contribution in [2.24, 2.45) is 0 Å². The second kappa shape index (κ2) is 33.2. The van der Waals surface area contributed by atoms with Gasteiger partial charge in [0.1, 0.15) is 12.2 Å².